The zero-order valence-electron chi connectivity index (χ0n) is 7.91. The van der Waals surface area contributed by atoms with Gasteiger partial charge in [0.25, 0.3) is 0 Å². The molecule has 0 saturated carbocycles. The van der Waals surface area contributed by atoms with Crippen molar-refractivity contribution < 1.29 is 14.6 Å². The lowest BCUT2D eigenvalue weighted by molar-refractivity contribution is -0.141. The average Bonchev–Trinajstić information content (AvgIpc) is 2.04. The normalized spacial score (nSPS) is 21.3. The molecule has 0 aromatic carbocycles. The van der Waals surface area contributed by atoms with Gasteiger partial charge in [0, 0.05) is 12.5 Å². The van der Waals surface area contributed by atoms with E-state index in [9.17, 15) is 4.79 Å². The van der Waals surface area contributed by atoms with E-state index in [2.05, 4.69) is 0 Å². The van der Waals surface area contributed by atoms with E-state index in [0.717, 1.165) is 24.3 Å². The predicted molar refractivity (Wildman–Crippen MR) is 53.1 cm³/mol. The second-order valence-corrected chi connectivity index (χ2v) is 4.84. The molecule has 0 radical (unpaired) electrons. The van der Waals surface area contributed by atoms with Crippen LogP contribution in [0.1, 0.15) is 19.3 Å². The number of ether oxygens (including phenoxy) is 1. The van der Waals surface area contributed by atoms with Gasteiger partial charge in [-0.1, -0.05) is 0 Å². The van der Waals surface area contributed by atoms with Crippen molar-refractivity contribution in [2.45, 2.75) is 19.3 Å². The second kappa shape index (κ2) is 4.86. The van der Waals surface area contributed by atoms with Gasteiger partial charge in [0.1, 0.15) is 0 Å². The molecule has 1 N–H and O–H groups in total. The Morgan fingerprint density at radius 3 is 2.62 bits per heavy atom. The molecule has 0 atom stereocenters. The van der Waals surface area contributed by atoms with Crippen LogP contribution >= 0.6 is 11.8 Å². The molecule has 1 aliphatic heterocycles. The average molecular weight is 204 g/mol. The molecule has 1 heterocycles. The van der Waals surface area contributed by atoms with Crippen molar-refractivity contribution in [1.29, 1.82) is 0 Å². The third-order valence-corrected chi connectivity index (χ3v) is 3.52. The summed E-state index contributed by atoms with van der Waals surface area (Å²) in [6.07, 6.45) is 2.19. The number of carboxylic acid groups (broad SMARTS) is 1. The van der Waals surface area contributed by atoms with Gasteiger partial charge in [0.2, 0.25) is 0 Å². The third kappa shape index (κ3) is 3.19. The lowest BCUT2D eigenvalue weighted by atomic mass is 9.79. The highest BCUT2D eigenvalue weighted by atomic mass is 32.2. The van der Waals surface area contributed by atoms with E-state index >= 15 is 0 Å². The number of hydrogen-bond donors (Lipinski definition) is 1. The highest BCUT2D eigenvalue weighted by Crippen LogP contribution is 2.38. The summed E-state index contributed by atoms with van der Waals surface area (Å²) in [5.41, 5.74) is -0.0914. The highest BCUT2D eigenvalue weighted by molar-refractivity contribution is 7.99. The summed E-state index contributed by atoms with van der Waals surface area (Å²) in [6, 6.07) is 0. The van der Waals surface area contributed by atoms with Crippen LogP contribution in [0.4, 0.5) is 0 Å². The highest BCUT2D eigenvalue weighted by Gasteiger charge is 2.34. The van der Waals surface area contributed by atoms with Crippen LogP contribution in [0.2, 0.25) is 0 Å². The fraction of sp³-hybridized carbons (Fsp3) is 0.889. The maximum absolute atomic E-state index is 10.7. The van der Waals surface area contributed by atoms with Crippen molar-refractivity contribution in [1.82, 2.24) is 0 Å². The van der Waals surface area contributed by atoms with E-state index in [1.165, 1.54) is 0 Å². The van der Waals surface area contributed by atoms with E-state index in [4.69, 9.17) is 9.84 Å². The van der Waals surface area contributed by atoms with Crippen LogP contribution in [0.15, 0.2) is 0 Å². The minimum absolute atomic E-state index is 0.0914. The molecule has 1 saturated heterocycles. The lowest BCUT2D eigenvalue weighted by Gasteiger charge is -2.34. The summed E-state index contributed by atoms with van der Waals surface area (Å²) < 4.78 is 5.11. The zero-order valence-corrected chi connectivity index (χ0v) is 8.73. The monoisotopic (exact) mass is 204 g/mol. The van der Waals surface area contributed by atoms with E-state index in [1.807, 2.05) is 11.8 Å². The molecule has 0 unspecified atom stereocenters. The number of thioether (sulfide) groups is 1. The lowest BCUT2D eigenvalue weighted by Crippen LogP contribution is -2.33. The first-order valence-electron chi connectivity index (χ1n) is 4.47. The molecule has 13 heavy (non-hydrogen) atoms. The minimum Gasteiger partial charge on any atom is -0.481 e. The standard InChI is InChI=1S/C9H16O3S/c1-12-7-9(6-8(10)11)2-4-13-5-3-9/h2-7H2,1H3,(H,10,11). The van der Waals surface area contributed by atoms with E-state index < -0.39 is 5.97 Å². The quantitative estimate of drug-likeness (QED) is 0.756. The minimum atomic E-state index is -0.705. The van der Waals surface area contributed by atoms with Gasteiger partial charge in [0.05, 0.1) is 13.0 Å². The van der Waals surface area contributed by atoms with Crippen molar-refractivity contribution in [2.24, 2.45) is 5.41 Å². The van der Waals surface area contributed by atoms with Crippen molar-refractivity contribution in [3.8, 4) is 0 Å². The Morgan fingerprint density at radius 2 is 2.15 bits per heavy atom. The first kappa shape index (κ1) is 10.9. The first-order chi connectivity index (χ1) is 6.18. The molecule has 3 nitrogen and oxygen atoms in total. The Labute approximate surface area is 82.8 Å². The zero-order chi connectivity index (χ0) is 9.73. The van der Waals surface area contributed by atoms with Crippen LogP contribution in [0.5, 0.6) is 0 Å². The van der Waals surface area contributed by atoms with Crippen LogP contribution in [0, 0.1) is 5.41 Å². The Morgan fingerprint density at radius 1 is 1.54 bits per heavy atom. The fourth-order valence-electron chi connectivity index (χ4n) is 1.80. The molecule has 0 aromatic heterocycles. The number of rotatable bonds is 4. The molecule has 0 spiro atoms. The smallest absolute Gasteiger partial charge is 0.303 e. The van der Waals surface area contributed by atoms with Crippen molar-refractivity contribution in [3.63, 3.8) is 0 Å². The van der Waals surface area contributed by atoms with Crippen molar-refractivity contribution in [2.75, 3.05) is 25.2 Å². The molecule has 0 amide bonds. The molecule has 4 heteroatoms. The summed E-state index contributed by atoms with van der Waals surface area (Å²) >= 11 is 1.90. The molecule has 0 bridgehead atoms. The maximum Gasteiger partial charge on any atom is 0.303 e. The van der Waals surface area contributed by atoms with Gasteiger partial charge in [0.15, 0.2) is 0 Å². The number of carbonyl (C=O) groups is 1. The SMILES string of the molecule is COCC1(CC(=O)O)CCSCC1. The van der Waals surface area contributed by atoms with Crippen molar-refractivity contribution in [3.05, 3.63) is 0 Å². The van der Waals surface area contributed by atoms with E-state index in [0.29, 0.717) is 6.61 Å². The third-order valence-electron chi connectivity index (χ3n) is 2.53. The van der Waals surface area contributed by atoms with E-state index in [1.54, 1.807) is 7.11 Å². The summed E-state index contributed by atoms with van der Waals surface area (Å²) in [6.45, 7) is 0.583. The molecule has 0 aliphatic carbocycles. The molecule has 1 fully saturated rings. The van der Waals surface area contributed by atoms with Gasteiger partial charge < -0.3 is 9.84 Å². The van der Waals surface area contributed by atoms with Gasteiger partial charge in [-0.2, -0.15) is 11.8 Å². The fourth-order valence-corrected chi connectivity index (χ4v) is 3.16. The summed E-state index contributed by atoms with van der Waals surface area (Å²) in [4.78, 5) is 10.7. The van der Waals surface area contributed by atoms with Crippen LogP contribution < -0.4 is 0 Å². The first-order valence-corrected chi connectivity index (χ1v) is 5.62. The summed E-state index contributed by atoms with van der Waals surface area (Å²) in [7, 11) is 1.64. The van der Waals surface area contributed by atoms with Crippen LogP contribution in [-0.4, -0.2) is 36.3 Å². The van der Waals surface area contributed by atoms with Crippen LogP contribution in [0.25, 0.3) is 0 Å². The van der Waals surface area contributed by atoms with Crippen LogP contribution in [-0.2, 0) is 9.53 Å². The number of carboxylic acids is 1. The maximum atomic E-state index is 10.7. The number of hydrogen-bond acceptors (Lipinski definition) is 3. The number of methoxy groups -OCH3 is 1. The molecule has 1 aliphatic rings. The topological polar surface area (TPSA) is 46.5 Å². The van der Waals surface area contributed by atoms with Gasteiger partial charge in [-0.3, -0.25) is 4.79 Å². The molecule has 1 rings (SSSR count). The molecular weight excluding hydrogens is 188 g/mol. The molecular formula is C9H16O3S. The Kier molecular flexibility index (Phi) is 4.06. The summed E-state index contributed by atoms with van der Waals surface area (Å²) in [5.74, 6) is 1.43. The van der Waals surface area contributed by atoms with Gasteiger partial charge >= 0.3 is 5.97 Å². The Hall–Kier alpha value is -0.220. The van der Waals surface area contributed by atoms with Gasteiger partial charge in [-0.15, -0.1) is 0 Å². The van der Waals surface area contributed by atoms with Crippen molar-refractivity contribution >= 4 is 17.7 Å². The van der Waals surface area contributed by atoms with Gasteiger partial charge in [-0.25, -0.2) is 0 Å². The molecule has 0 aromatic rings. The Balaban J connectivity index is 2.55. The van der Waals surface area contributed by atoms with E-state index in [-0.39, 0.29) is 11.8 Å². The molecule has 76 valence electrons. The largest absolute Gasteiger partial charge is 0.481 e. The van der Waals surface area contributed by atoms with Crippen LogP contribution in [0.3, 0.4) is 0 Å². The summed E-state index contributed by atoms with van der Waals surface area (Å²) in [5, 5.41) is 8.80. The number of aliphatic carboxylic acids is 1. The van der Waals surface area contributed by atoms with Gasteiger partial charge in [-0.05, 0) is 24.3 Å². The Bertz CT molecular complexity index is 170. The predicted octanol–water partition coefficient (Wildman–Crippen LogP) is 1.62. The second-order valence-electron chi connectivity index (χ2n) is 3.62.